The van der Waals surface area contributed by atoms with Crippen molar-refractivity contribution in [3.63, 3.8) is 0 Å². The van der Waals surface area contributed by atoms with Crippen LogP contribution in [0.2, 0.25) is 0 Å². The molecule has 0 saturated heterocycles. The molecule has 0 aliphatic rings. The summed E-state index contributed by atoms with van der Waals surface area (Å²) in [6.45, 7) is 1.97. The number of nitrogens with one attached hydrogen (secondary N) is 1. The maximum atomic E-state index is 13.1. The molecule has 6 heteroatoms. The van der Waals surface area contributed by atoms with Crippen LogP contribution in [0, 0.1) is 10.6 Å². The first kappa shape index (κ1) is 11.8. The van der Waals surface area contributed by atoms with E-state index in [-0.39, 0.29) is 5.82 Å². The predicted molar refractivity (Wildman–Crippen MR) is 64.6 cm³/mol. The van der Waals surface area contributed by atoms with Crippen molar-refractivity contribution in [1.29, 1.82) is 0 Å². The second-order valence-corrected chi connectivity index (χ2v) is 3.84. The number of rotatable bonds is 3. The van der Waals surface area contributed by atoms with E-state index in [0.717, 1.165) is 5.82 Å². The number of nitrogens with zero attached hydrogens (tertiary/aromatic N) is 2. The highest BCUT2D eigenvalue weighted by molar-refractivity contribution is 7.71. The number of H-pyrrole nitrogens is 1. The fourth-order valence-electron chi connectivity index (χ4n) is 1.65. The number of hydrogen-bond acceptors (Lipinski definition) is 3. The van der Waals surface area contributed by atoms with Crippen LogP contribution in [0.15, 0.2) is 18.2 Å². The third-order valence-corrected chi connectivity index (χ3v) is 2.71. The summed E-state index contributed by atoms with van der Waals surface area (Å²) in [6, 6.07) is 4.31. The Bertz CT molecular complexity index is 591. The van der Waals surface area contributed by atoms with Gasteiger partial charge in [-0.15, -0.1) is 0 Å². The van der Waals surface area contributed by atoms with Gasteiger partial charge in [-0.2, -0.15) is 5.10 Å². The highest BCUT2D eigenvalue weighted by Gasteiger charge is 2.12. The van der Waals surface area contributed by atoms with Crippen LogP contribution in [-0.4, -0.2) is 21.9 Å². The normalized spacial score (nSPS) is 10.5. The molecule has 0 radical (unpaired) electrons. The Kier molecular flexibility index (Phi) is 3.23. The zero-order chi connectivity index (χ0) is 12.4. The maximum absolute atomic E-state index is 13.1. The van der Waals surface area contributed by atoms with Crippen LogP contribution in [-0.2, 0) is 6.42 Å². The molecular weight excluding hydrogens is 241 g/mol. The van der Waals surface area contributed by atoms with Gasteiger partial charge in [-0.3, -0.25) is 9.67 Å². The van der Waals surface area contributed by atoms with Gasteiger partial charge in [-0.1, -0.05) is 6.92 Å². The van der Waals surface area contributed by atoms with Crippen LogP contribution in [0.3, 0.4) is 0 Å². The smallest absolute Gasteiger partial charge is 0.199 e. The monoisotopic (exact) mass is 253 g/mol. The van der Waals surface area contributed by atoms with E-state index < -0.39 is 0 Å². The van der Waals surface area contributed by atoms with E-state index in [4.69, 9.17) is 17.0 Å². The quantitative estimate of drug-likeness (QED) is 0.855. The molecule has 0 spiro atoms. The molecule has 0 bridgehead atoms. The molecule has 0 amide bonds. The van der Waals surface area contributed by atoms with Crippen molar-refractivity contribution in [1.82, 2.24) is 14.8 Å². The van der Waals surface area contributed by atoms with Gasteiger partial charge in [0.25, 0.3) is 0 Å². The first-order chi connectivity index (χ1) is 8.17. The summed E-state index contributed by atoms with van der Waals surface area (Å²) in [6.07, 6.45) is 0.716. The zero-order valence-electron chi connectivity index (χ0n) is 9.53. The van der Waals surface area contributed by atoms with Gasteiger partial charge in [-0.05, 0) is 24.4 Å². The van der Waals surface area contributed by atoms with E-state index in [0.29, 0.717) is 22.6 Å². The molecule has 0 aliphatic heterocycles. The number of hydrogen-bond donors (Lipinski definition) is 1. The molecule has 2 aromatic rings. The average molecular weight is 253 g/mol. The molecule has 1 aromatic carbocycles. The van der Waals surface area contributed by atoms with Crippen LogP contribution < -0.4 is 4.74 Å². The van der Waals surface area contributed by atoms with Crippen molar-refractivity contribution < 1.29 is 9.13 Å². The highest BCUT2D eigenvalue weighted by atomic mass is 32.1. The molecule has 4 nitrogen and oxygen atoms in total. The van der Waals surface area contributed by atoms with Crippen LogP contribution in [0.25, 0.3) is 5.69 Å². The van der Waals surface area contributed by atoms with Gasteiger partial charge < -0.3 is 4.74 Å². The van der Waals surface area contributed by atoms with E-state index in [1.165, 1.54) is 19.2 Å². The van der Waals surface area contributed by atoms with Crippen LogP contribution in [0.5, 0.6) is 5.75 Å². The topological polar surface area (TPSA) is 42.8 Å². The molecule has 90 valence electrons. The molecule has 1 aromatic heterocycles. The molecule has 0 atom stereocenters. The van der Waals surface area contributed by atoms with Gasteiger partial charge in [0, 0.05) is 12.5 Å². The lowest BCUT2D eigenvalue weighted by molar-refractivity contribution is 0.409. The molecule has 0 fully saturated rings. The molecule has 17 heavy (non-hydrogen) atoms. The number of aromatic amines is 1. The molecule has 0 saturated carbocycles. The molecule has 1 N–H and O–H groups in total. The molecule has 1 heterocycles. The molecule has 0 aliphatic carbocycles. The maximum Gasteiger partial charge on any atom is 0.199 e. The van der Waals surface area contributed by atoms with Gasteiger partial charge in [0.15, 0.2) is 4.77 Å². The summed E-state index contributed by atoms with van der Waals surface area (Å²) < 4.78 is 20.5. The summed E-state index contributed by atoms with van der Waals surface area (Å²) >= 11 is 5.16. The Labute approximate surface area is 103 Å². The van der Waals surface area contributed by atoms with E-state index in [2.05, 4.69) is 10.2 Å². The molecule has 2 rings (SSSR count). The number of methoxy groups -OCH3 is 1. The van der Waals surface area contributed by atoms with Gasteiger partial charge in [0.2, 0.25) is 0 Å². The largest absolute Gasteiger partial charge is 0.494 e. The minimum absolute atomic E-state index is 0.348. The highest BCUT2D eigenvalue weighted by Crippen LogP contribution is 2.25. The van der Waals surface area contributed by atoms with Crippen LogP contribution >= 0.6 is 12.2 Å². The SMILES string of the molecule is CCc1n[nH]c(=S)n1-c1ccc(F)cc1OC. The van der Waals surface area contributed by atoms with Crippen LogP contribution in [0.4, 0.5) is 4.39 Å². The van der Waals surface area contributed by atoms with E-state index >= 15 is 0 Å². The lowest BCUT2D eigenvalue weighted by Gasteiger charge is -2.10. The number of halogens is 1. The summed E-state index contributed by atoms with van der Waals surface area (Å²) in [5.74, 6) is 0.857. The summed E-state index contributed by atoms with van der Waals surface area (Å²) in [5.41, 5.74) is 0.685. The van der Waals surface area contributed by atoms with Crippen molar-refractivity contribution in [2.24, 2.45) is 0 Å². The van der Waals surface area contributed by atoms with Gasteiger partial charge in [0.05, 0.1) is 12.8 Å². The van der Waals surface area contributed by atoms with Crippen molar-refractivity contribution >= 4 is 12.2 Å². The van der Waals surface area contributed by atoms with Gasteiger partial charge >= 0.3 is 0 Å². The van der Waals surface area contributed by atoms with E-state index in [1.807, 2.05) is 6.92 Å². The van der Waals surface area contributed by atoms with Gasteiger partial charge in [-0.25, -0.2) is 4.39 Å². The summed E-state index contributed by atoms with van der Waals surface area (Å²) in [4.78, 5) is 0. The molecular formula is C11H12FN3OS. The predicted octanol–water partition coefficient (Wildman–Crippen LogP) is 2.64. The first-order valence-corrected chi connectivity index (χ1v) is 5.58. The Hall–Kier alpha value is -1.69. The minimum atomic E-state index is -0.348. The number of benzene rings is 1. The number of aryl methyl sites for hydroxylation is 1. The van der Waals surface area contributed by atoms with Crippen molar-refractivity contribution in [2.45, 2.75) is 13.3 Å². The number of ether oxygens (including phenoxy) is 1. The summed E-state index contributed by atoms with van der Waals surface area (Å²) in [5, 5.41) is 6.82. The average Bonchev–Trinajstić information content (AvgIpc) is 2.70. The Morgan fingerprint density at radius 3 is 2.94 bits per heavy atom. The molecule has 0 unspecified atom stereocenters. The minimum Gasteiger partial charge on any atom is -0.494 e. The second-order valence-electron chi connectivity index (χ2n) is 3.45. The lowest BCUT2D eigenvalue weighted by Crippen LogP contribution is -2.03. The van der Waals surface area contributed by atoms with Crippen molar-refractivity contribution in [3.8, 4) is 11.4 Å². The Morgan fingerprint density at radius 1 is 1.53 bits per heavy atom. The third-order valence-electron chi connectivity index (χ3n) is 2.44. The van der Waals surface area contributed by atoms with Crippen molar-refractivity contribution in [2.75, 3.05) is 7.11 Å². The van der Waals surface area contributed by atoms with Gasteiger partial charge in [0.1, 0.15) is 17.4 Å². The Balaban J connectivity index is 2.67. The lowest BCUT2D eigenvalue weighted by atomic mass is 10.2. The van der Waals surface area contributed by atoms with E-state index in [1.54, 1.807) is 10.6 Å². The summed E-state index contributed by atoms with van der Waals surface area (Å²) in [7, 11) is 1.49. The first-order valence-electron chi connectivity index (χ1n) is 5.17. The van der Waals surface area contributed by atoms with E-state index in [9.17, 15) is 4.39 Å². The zero-order valence-corrected chi connectivity index (χ0v) is 10.3. The van der Waals surface area contributed by atoms with Crippen molar-refractivity contribution in [3.05, 3.63) is 34.6 Å². The standard InChI is InChI=1S/C11H12FN3OS/c1-3-10-13-14-11(17)15(10)8-5-4-7(12)6-9(8)16-2/h4-6H,3H2,1-2H3,(H,14,17). The number of aromatic nitrogens is 3. The van der Waals surface area contributed by atoms with Crippen LogP contribution in [0.1, 0.15) is 12.7 Å². The fraction of sp³-hybridized carbons (Fsp3) is 0.273. The third kappa shape index (κ3) is 2.08. The fourth-order valence-corrected chi connectivity index (χ4v) is 1.90. The second kappa shape index (κ2) is 4.67. The Morgan fingerprint density at radius 2 is 2.29 bits per heavy atom.